The van der Waals surface area contributed by atoms with Crippen LogP contribution in [0.2, 0.25) is 0 Å². The Morgan fingerprint density at radius 3 is 1.07 bits per heavy atom. The SMILES string of the molecule is CC(C)(C)c1ccc(-c2ccccc2)nc1.CC(C)(C)c1ccc(-n2c3ccccc3c3ccccc32)nc1.CC(C)(C)c1cccc(-n2c3ccccc3c3ccccc32)n1.CC(C)(C)c1cccnc1.CC(C)(C)c1ccncc1.CC(C)(C)c1cnccc1-c1ccccc1. The first kappa shape index (κ1) is 72.1. The quantitative estimate of drug-likeness (QED) is 0.174. The molecule has 0 saturated heterocycles. The van der Waals surface area contributed by atoms with Crippen LogP contribution in [0.15, 0.2) is 280 Å². The molecule has 14 aromatic rings. The van der Waals surface area contributed by atoms with Crippen molar-refractivity contribution >= 4 is 43.6 Å². The molecule has 500 valence electrons. The summed E-state index contributed by atoms with van der Waals surface area (Å²) in [6, 6.07) is 80.0. The maximum atomic E-state index is 4.95. The Morgan fingerprint density at radius 2 is 0.673 bits per heavy atom. The summed E-state index contributed by atoms with van der Waals surface area (Å²) in [5.41, 5.74) is 18.0. The van der Waals surface area contributed by atoms with E-state index in [0.29, 0.717) is 0 Å². The van der Waals surface area contributed by atoms with E-state index in [-0.39, 0.29) is 32.5 Å². The van der Waals surface area contributed by atoms with Gasteiger partial charge in [0.25, 0.3) is 0 Å². The van der Waals surface area contributed by atoms with Gasteiger partial charge >= 0.3 is 0 Å². The highest BCUT2D eigenvalue weighted by Gasteiger charge is 2.22. The van der Waals surface area contributed by atoms with Crippen LogP contribution in [0.4, 0.5) is 0 Å². The molecule has 0 aliphatic heterocycles. The molecule has 8 heteroatoms. The molecule has 0 aliphatic carbocycles. The van der Waals surface area contributed by atoms with Crippen molar-refractivity contribution in [2.24, 2.45) is 0 Å². The maximum absolute atomic E-state index is 4.95. The van der Waals surface area contributed by atoms with Crippen molar-refractivity contribution in [1.29, 1.82) is 0 Å². The van der Waals surface area contributed by atoms with Crippen molar-refractivity contribution < 1.29 is 0 Å². The number of fused-ring (bicyclic) bond motifs is 6. The lowest BCUT2D eigenvalue weighted by molar-refractivity contribution is 0.568. The van der Waals surface area contributed by atoms with Gasteiger partial charge in [-0.1, -0.05) is 282 Å². The summed E-state index contributed by atoms with van der Waals surface area (Å²) < 4.78 is 4.51. The van der Waals surface area contributed by atoms with E-state index in [1.54, 1.807) is 6.20 Å². The number of nitrogens with zero attached hydrogens (tertiary/aromatic N) is 8. The Balaban J connectivity index is 0.000000142. The fraction of sp³-hybridized carbons (Fsp3) is 0.267. The average molecular weight is 1290 g/mol. The Labute approximate surface area is 584 Å². The van der Waals surface area contributed by atoms with Gasteiger partial charge in [-0.15, -0.1) is 0 Å². The predicted octanol–water partition coefficient (Wildman–Crippen LogP) is 23.8. The van der Waals surface area contributed by atoms with Crippen molar-refractivity contribution in [3.63, 3.8) is 0 Å². The van der Waals surface area contributed by atoms with Crippen LogP contribution in [0.5, 0.6) is 0 Å². The molecule has 0 N–H and O–H groups in total. The van der Waals surface area contributed by atoms with E-state index >= 15 is 0 Å². The summed E-state index contributed by atoms with van der Waals surface area (Å²) in [5, 5.41) is 5.08. The molecule has 8 nitrogen and oxygen atoms in total. The molecule has 0 unspecified atom stereocenters. The zero-order chi connectivity index (χ0) is 70.5. The van der Waals surface area contributed by atoms with Gasteiger partial charge in [0.05, 0.1) is 27.8 Å². The molecule has 0 spiro atoms. The summed E-state index contributed by atoms with van der Waals surface area (Å²) in [6.07, 6.45) is 15.2. The van der Waals surface area contributed by atoms with Gasteiger partial charge in [0, 0.05) is 87.8 Å². The zero-order valence-corrected chi connectivity index (χ0v) is 61.1. The first-order valence-corrected chi connectivity index (χ1v) is 34.2. The van der Waals surface area contributed by atoms with Crippen LogP contribution in [0, 0.1) is 0 Å². The second-order valence-corrected chi connectivity index (χ2v) is 31.1. The minimum absolute atomic E-state index is 0.0365. The van der Waals surface area contributed by atoms with E-state index in [2.05, 4.69) is 354 Å². The molecule has 14 rings (SSSR count). The third-order valence-corrected chi connectivity index (χ3v) is 17.2. The Kier molecular flexibility index (Phi) is 22.7. The van der Waals surface area contributed by atoms with Gasteiger partial charge in [-0.3, -0.25) is 29.1 Å². The molecule has 0 fully saturated rings. The molecule has 8 heterocycles. The second kappa shape index (κ2) is 30.9. The average Bonchev–Trinajstić information content (AvgIpc) is 1.62. The van der Waals surface area contributed by atoms with E-state index in [1.807, 2.05) is 73.7 Å². The van der Waals surface area contributed by atoms with Crippen LogP contribution in [0.25, 0.3) is 77.6 Å². The summed E-state index contributed by atoms with van der Waals surface area (Å²) in [5.74, 6) is 1.95. The number of hydrogen-bond acceptors (Lipinski definition) is 6. The van der Waals surface area contributed by atoms with Crippen LogP contribution in [-0.2, 0) is 32.5 Å². The zero-order valence-electron chi connectivity index (χ0n) is 61.1. The minimum atomic E-state index is 0.0365. The van der Waals surface area contributed by atoms with Crippen LogP contribution < -0.4 is 0 Å². The van der Waals surface area contributed by atoms with Crippen molar-refractivity contribution in [1.82, 2.24) is 39.0 Å². The number of pyridine rings is 6. The third kappa shape index (κ3) is 18.5. The van der Waals surface area contributed by atoms with Gasteiger partial charge in [0.15, 0.2) is 0 Å². The molecule has 0 radical (unpaired) electrons. The van der Waals surface area contributed by atoms with Crippen LogP contribution in [0.3, 0.4) is 0 Å². The summed E-state index contributed by atoms with van der Waals surface area (Å²) >= 11 is 0. The highest BCUT2D eigenvalue weighted by Crippen LogP contribution is 2.36. The largest absolute Gasteiger partial charge is 0.294 e. The normalized spacial score (nSPS) is 11.8. The fourth-order valence-corrected chi connectivity index (χ4v) is 11.4. The third-order valence-electron chi connectivity index (χ3n) is 17.2. The highest BCUT2D eigenvalue weighted by molar-refractivity contribution is 6.10. The molecule has 0 bridgehead atoms. The standard InChI is InChI=1S/2C21H20N2.2C15H17N.2C9H13N/c1-21(2,3)19-13-8-14-20(22-19)23-17-11-6-4-9-15(17)16-10-5-7-12-18(16)23;1-21(2,3)15-12-13-20(22-14-15)23-18-10-6-4-8-16(18)17-9-5-7-11-19(17)23;1-15(2,3)14-11-16-10-9-13(14)12-7-5-4-6-8-12;1-15(2,3)13-9-10-14(16-11-13)12-7-5-4-6-8-12;1-9(2,3)8-4-6-10-7-5-8;1-9(2,3)8-5-4-6-10-7-8/h2*4-14H,1-3H3;2*4-11H,1-3H3;2*4-7H,1-3H3. The lowest BCUT2D eigenvalue weighted by Gasteiger charge is -2.22. The predicted molar refractivity (Wildman–Crippen MR) is 417 cm³/mol. The van der Waals surface area contributed by atoms with Gasteiger partial charge in [0.1, 0.15) is 11.6 Å². The summed E-state index contributed by atoms with van der Waals surface area (Å²) in [7, 11) is 0. The lowest BCUT2D eigenvalue weighted by atomic mass is 9.83. The van der Waals surface area contributed by atoms with Crippen LogP contribution in [0.1, 0.15) is 158 Å². The number of aromatic nitrogens is 8. The molecular formula is C90H100N8. The minimum Gasteiger partial charge on any atom is -0.294 e. The molecule has 0 atom stereocenters. The first-order valence-electron chi connectivity index (χ1n) is 34.2. The molecule has 98 heavy (non-hydrogen) atoms. The lowest BCUT2D eigenvalue weighted by Crippen LogP contribution is -2.14. The number of hydrogen-bond donors (Lipinski definition) is 0. The highest BCUT2D eigenvalue weighted by atomic mass is 15.1. The van der Waals surface area contributed by atoms with E-state index in [1.165, 1.54) is 88.1 Å². The number of para-hydroxylation sites is 4. The monoisotopic (exact) mass is 1290 g/mol. The van der Waals surface area contributed by atoms with Gasteiger partial charge < -0.3 is 0 Å². The molecule has 8 aromatic heterocycles. The summed E-state index contributed by atoms with van der Waals surface area (Å²) in [4.78, 5) is 26.5. The van der Waals surface area contributed by atoms with Crippen molar-refractivity contribution in [3.8, 4) is 34.0 Å². The van der Waals surface area contributed by atoms with E-state index in [0.717, 1.165) is 23.0 Å². The summed E-state index contributed by atoms with van der Waals surface area (Å²) in [6.45, 7) is 39.6. The van der Waals surface area contributed by atoms with E-state index < -0.39 is 0 Å². The van der Waals surface area contributed by atoms with E-state index in [9.17, 15) is 0 Å². The molecule has 0 aliphatic rings. The van der Waals surface area contributed by atoms with Crippen LogP contribution >= 0.6 is 0 Å². The second-order valence-electron chi connectivity index (χ2n) is 31.1. The van der Waals surface area contributed by atoms with E-state index in [4.69, 9.17) is 9.97 Å². The molecular weight excluding hydrogens is 1190 g/mol. The number of benzene rings is 6. The molecule has 0 amide bonds. The Hall–Kier alpha value is -10.2. The smallest absolute Gasteiger partial charge is 0.137 e. The van der Waals surface area contributed by atoms with Crippen molar-refractivity contribution in [3.05, 3.63) is 314 Å². The maximum Gasteiger partial charge on any atom is 0.137 e. The van der Waals surface area contributed by atoms with Gasteiger partial charge in [0.2, 0.25) is 0 Å². The van der Waals surface area contributed by atoms with Gasteiger partial charge in [-0.05, 0) is 139 Å². The molecule has 0 saturated carbocycles. The first-order chi connectivity index (χ1) is 46.5. The Morgan fingerprint density at radius 1 is 0.255 bits per heavy atom. The van der Waals surface area contributed by atoms with Gasteiger partial charge in [-0.2, -0.15) is 0 Å². The topological polar surface area (TPSA) is 87.2 Å². The Bertz CT molecular complexity index is 4640. The van der Waals surface area contributed by atoms with Crippen LogP contribution in [-0.4, -0.2) is 39.0 Å². The van der Waals surface area contributed by atoms with Gasteiger partial charge in [-0.25, -0.2) is 9.97 Å². The van der Waals surface area contributed by atoms with Crippen molar-refractivity contribution in [2.45, 2.75) is 157 Å². The fourth-order valence-electron chi connectivity index (χ4n) is 11.4. The number of rotatable bonds is 4. The molecule has 6 aromatic carbocycles. The van der Waals surface area contributed by atoms with Crippen molar-refractivity contribution in [2.75, 3.05) is 0 Å².